The van der Waals surface area contributed by atoms with E-state index in [4.69, 9.17) is 32.7 Å². The molecule has 2 aromatic carbocycles. The molecule has 1 aliphatic carbocycles. The summed E-state index contributed by atoms with van der Waals surface area (Å²) in [7, 11) is 0. The van der Waals surface area contributed by atoms with E-state index in [2.05, 4.69) is 0 Å². The van der Waals surface area contributed by atoms with Crippen molar-refractivity contribution >= 4 is 40.5 Å². The SMILES string of the molecule is CC(C)(Oc1ccc(CCC(OCC2CCCCC2)c2ccc(-c3ccc(C(F)(F)F)cc3)s2)c(Cl)c1Cl)C(=O)O. The van der Waals surface area contributed by atoms with Gasteiger partial charge in [0.1, 0.15) is 10.8 Å². The number of aryl methyl sites for hydroxylation is 1. The Balaban J connectivity index is 1.51. The van der Waals surface area contributed by atoms with Gasteiger partial charge in [-0.3, -0.25) is 0 Å². The zero-order valence-corrected chi connectivity index (χ0v) is 25.2. The molecule has 1 unspecified atom stereocenters. The molecule has 1 N–H and O–H groups in total. The third kappa shape index (κ3) is 8.19. The number of hydrogen-bond acceptors (Lipinski definition) is 4. The number of carbonyl (C=O) groups is 1. The lowest BCUT2D eigenvalue weighted by Gasteiger charge is -2.25. The van der Waals surface area contributed by atoms with Crippen molar-refractivity contribution in [2.75, 3.05) is 6.61 Å². The number of benzene rings is 2. The van der Waals surface area contributed by atoms with E-state index in [1.807, 2.05) is 12.1 Å². The Bertz CT molecular complexity index is 1330. The molecule has 10 heteroatoms. The van der Waals surface area contributed by atoms with Crippen LogP contribution in [-0.4, -0.2) is 23.3 Å². The van der Waals surface area contributed by atoms with E-state index in [1.54, 1.807) is 12.1 Å². The van der Waals surface area contributed by atoms with Crippen molar-refractivity contribution in [3.63, 3.8) is 0 Å². The van der Waals surface area contributed by atoms with E-state index < -0.39 is 23.3 Å². The average Bonchev–Trinajstić information content (AvgIpc) is 3.42. The molecular formula is C31H33Cl2F3O4S. The van der Waals surface area contributed by atoms with Crippen molar-refractivity contribution in [2.24, 2.45) is 5.92 Å². The average molecular weight is 630 g/mol. The van der Waals surface area contributed by atoms with E-state index in [-0.39, 0.29) is 16.9 Å². The highest BCUT2D eigenvalue weighted by Gasteiger charge is 2.31. The van der Waals surface area contributed by atoms with Gasteiger partial charge in [0.2, 0.25) is 0 Å². The van der Waals surface area contributed by atoms with Crippen LogP contribution in [0.5, 0.6) is 5.75 Å². The fourth-order valence-corrected chi connectivity index (χ4v) is 6.44. The van der Waals surface area contributed by atoms with Crippen LogP contribution in [0.2, 0.25) is 10.0 Å². The van der Waals surface area contributed by atoms with Crippen LogP contribution in [0.15, 0.2) is 48.5 Å². The largest absolute Gasteiger partial charge is 0.478 e. The molecule has 0 saturated heterocycles. The second-order valence-electron chi connectivity index (χ2n) is 10.9. The van der Waals surface area contributed by atoms with Gasteiger partial charge in [-0.1, -0.05) is 60.7 Å². The summed E-state index contributed by atoms with van der Waals surface area (Å²) in [6.07, 6.45) is 2.49. The molecule has 0 amide bonds. The maximum absolute atomic E-state index is 13.0. The van der Waals surface area contributed by atoms with Crippen molar-refractivity contribution in [1.82, 2.24) is 0 Å². The van der Waals surface area contributed by atoms with Crippen molar-refractivity contribution < 1.29 is 32.5 Å². The normalized spacial score (nSPS) is 15.6. The number of halogens is 5. The monoisotopic (exact) mass is 628 g/mol. The van der Waals surface area contributed by atoms with Crippen molar-refractivity contribution in [1.29, 1.82) is 0 Å². The molecule has 1 saturated carbocycles. The number of carboxylic acids is 1. The first kappa shape index (κ1) is 31.7. The Morgan fingerprint density at radius 2 is 1.68 bits per heavy atom. The maximum atomic E-state index is 13.0. The number of carboxylic acid groups (broad SMARTS) is 1. The van der Waals surface area contributed by atoms with E-state index in [0.29, 0.717) is 30.4 Å². The number of alkyl halides is 3. The van der Waals surface area contributed by atoms with Gasteiger partial charge >= 0.3 is 12.1 Å². The summed E-state index contributed by atoms with van der Waals surface area (Å²) in [4.78, 5) is 13.3. The minimum absolute atomic E-state index is 0.152. The highest BCUT2D eigenvalue weighted by molar-refractivity contribution is 7.15. The van der Waals surface area contributed by atoms with Crippen LogP contribution in [0.25, 0.3) is 10.4 Å². The predicted molar refractivity (Wildman–Crippen MR) is 157 cm³/mol. The molecule has 3 aromatic rings. The fourth-order valence-electron chi connectivity index (χ4n) is 4.87. The van der Waals surface area contributed by atoms with Gasteiger partial charge in [-0.05, 0) is 86.9 Å². The van der Waals surface area contributed by atoms with Gasteiger partial charge < -0.3 is 14.6 Å². The van der Waals surface area contributed by atoms with E-state index in [0.717, 1.165) is 45.9 Å². The third-order valence-corrected chi connectivity index (χ3v) is 9.51. The minimum atomic E-state index is -4.38. The summed E-state index contributed by atoms with van der Waals surface area (Å²) in [6.45, 7) is 3.51. The zero-order valence-electron chi connectivity index (χ0n) is 22.9. The van der Waals surface area contributed by atoms with Gasteiger partial charge in [0.15, 0.2) is 5.60 Å². The first-order valence-electron chi connectivity index (χ1n) is 13.6. The molecule has 4 rings (SSSR count). The second kappa shape index (κ2) is 13.4. The van der Waals surface area contributed by atoms with Crippen LogP contribution in [0.3, 0.4) is 0 Å². The van der Waals surface area contributed by atoms with Gasteiger partial charge in [-0.2, -0.15) is 13.2 Å². The van der Waals surface area contributed by atoms with Gasteiger partial charge in [-0.15, -0.1) is 11.3 Å². The molecule has 1 fully saturated rings. The Hall–Kier alpha value is -2.26. The molecular weight excluding hydrogens is 596 g/mol. The second-order valence-corrected chi connectivity index (χ2v) is 12.8. The Labute approximate surface area is 252 Å². The molecule has 4 nitrogen and oxygen atoms in total. The summed E-state index contributed by atoms with van der Waals surface area (Å²) in [5.41, 5.74) is -0.653. The van der Waals surface area contributed by atoms with Gasteiger partial charge in [0, 0.05) is 9.75 Å². The zero-order chi connectivity index (χ0) is 29.8. The topological polar surface area (TPSA) is 55.8 Å². The number of rotatable bonds is 11. The summed E-state index contributed by atoms with van der Waals surface area (Å²) in [6, 6.07) is 12.5. The minimum Gasteiger partial charge on any atom is -0.478 e. The van der Waals surface area contributed by atoms with E-state index in [9.17, 15) is 23.1 Å². The lowest BCUT2D eigenvalue weighted by atomic mass is 9.90. The van der Waals surface area contributed by atoms with Crippen molar-refractivity contribution in [2.45, 2.75) is 76.7 Å². The lowest BCUT2D eigenvalue weighted by molar-refractivity contribution is -0.152. The molecule has 1 heterocycles. The standard InChI is InChI=1S/C31H33Cl2F3O4S/c1-30(2,29(37)38)40-24-15-11-21(27(32)28(24)33)10-14-23(39-18-19-6-4-3-5-7-19)26-17-16-25(41-26)20-8-12-22(13-9-20)31(34,35)36/h8-9,11-13,15-17,19,23H,3-7,10,14,18H2,1-2H3,(H,37,38). The van der Waals surface area contributed by atoms with E-state index >= 15 is 0 Å². The van der Waals surface area contributed by atoms with Crippen molar-refractivity contribution in [3.05, 3.63) is 74.6 Å². The molecule has 0 radical (unpaired) electrons. The Morgan fingerprint density at radius 1 is 1.00 bits per heavy atom. The molecule has 41 heavy (non-hydrogen) atoms. The number of ether oxygens (including phenoxy) is 2. The van der Waals surface area contributed by atoms with Gasteiger partial charge in [0.05, 0.1) is 23.3 Å². The molecule has 0 aliphatic heterocycles. The molecule has 1 aromatic heterocycles. The van der Waals surface area contributed by atoms with Crippen LogP contribution in [0, 0.1) is 5.92 Å². The number of hydrogen-bond donors (Lipinski definition) is 1. The molecule has 0 bridgehead atoms. The summed E-state index contributed by atoms with van der Waals surface area (Å²) >= 11 is 14.6. The number of aliphatic carboxylic acids is 1. The number of thiophene rings is 1. The summed E-state index contributed by atoms with van der Waals surface area (Å²) in [5, 5.41) is 9.83. The van der Waals surface area contributed by atoms with Crippen molar-refractivity contribution in [3.8, 4) is 16.2 Å². The quantitative estimate of drug-likeness (QED) is 0.229. The lowest BCUT2D eigenvalue weighted by Crippen LogP contribution is -2.38. The van der Waals surface area contributed by atoms with Crippen LogP contribution in [-0.2, 0) is 22.1 Å². The molecule has 1 atom stereocenters. The smallest absolute Gasteiger partial charge is 0.416 e. The maximum Gasteiger partial charge on any atom is 0.416 e. The summed E-state index contributed by atoms with van der Waals surface area (Å²) in [5.74, 6) is -0.427. The first-order chi connectivity index (χ1) is 19.3. The first-order valence-corrected chi connectivity index (χ1v) is 15.2. The molecule has 0 spiro atoms. The summed E-state index contributed by atoms with van der Waals surface area (Å²) < 4.78 is 51.1. The van der Waals surface area contributed by atoms with Gasteiger partial charge in [-0.25, -0.2) is 4.79 Å². The highest BCUT2D eigenvalue weighted by Crippen LogP contribution is 2.40. The highest BCUT2D eigenvalue weighted by atomic mass is 35.5. The van der Waals surface area contributed by atoms with E-state index in [1.165, 1.54) is 56.6 Å². The van der Waals surface area contributed by atoms with Crippen LogP contribution >= 0.6 is 34.5 Å². The fraction of sp³-hybridized carbons (Fsp3) is 0.452. The van der Waals surface area contributed by atoms with Crippen LogP contribution < -0.4 is 4.74 Å². The van der Waals surface area contributed by atoms with Crippen LogP contribution in [0.1, 0.15) is 74.5 Å². The Morgan fingerprint density at radius 3 is 2.32 bits per heavy atom. The Kier molecular flexibility index (Phi) is 10.3. The predicted octanol–water partition coefficient (Wildman–Crippen LogP) is 10.3. The van der Waals surface area contributed by atoms with Crippen LogP contribution in [0.4, 0.5) is 13.2 Å². The third-order valence-electron chi connectivity index (χ3n) is 7.38. The molecule has 1 aliphatic rings. The van der Waals surface area contributed by atoms with Gasteiger partial charge in [0.25, 0.3) is 0 Å². The molecule has 222 valence electrons.